The second kappa shape index (κ2) is 6.30. The van der Waals surface area contributed by atoms with Crippen LogP contribution in [0.25, 0.3) is 0 Å². The molecule has 0 saturated carbocycles. The fourth-order valence-electron chi connectivity index (χ4n) is 4.22. The lowest BCUT2D eigenvalue weighted by Gasteiger charge is -2.34. The van der Waals surface area contributed by atoms with Gasteiger partial charge in [0.25, 0.3) is 0 Å². The maximum absolute atomic E-state index is 13.2. The number of aryl methyl sites for hydroxylation is 2. The fourth-order valence-corrected chi connectivity index (χ4v) is 4.22. The first-order chi connectivity index (χ1) is 13.1. The molecule has 0 spiro atoms. The van der Waals surface area contributed by atoms with Crippen molar-refractivity contribution in [2.24, 2.45) is 5.41 Å². The number of ketones is 1. The molecule has 1 aliphatic heterocycles. The molecule has 0 fully saturated rings. The molecule has 2 aliphatic rings. The van der Waals surface area contributed by atoms with Crippen LogP contribution in [-0.2, 0) is 4.79 Å². The quantitative estimate of drug-likeness (QED) is 0.565. The SMILES string of the molecule is Cc1cc2c(cc1C)NC(c1ccc(O)cc1O)C1=C(CC(C)(C)CC1=O)N2. The Bertz CT molecular complexity index is 1020. The fraction of sp³-hybridized carbons (Fsp3) is 0.348. The molecule has 1 unspecified atom stereocenters. The van der Waals surface area contributed by atoms with Crippen LogP contribution in [0.1, 0.15) is 49.4 Å². The Balaban J connectivity index is 1.93. The van der Waals surface area contributed by atoms with Crippen molar-refractivity contribution in [2.75, 3.05) is 10.6 Å². The summed E-state index contributed by atoms with van der Waals surface area (Å²) in [6, 6.07) is 8.19. The van der Waals surface area contributed by atoms with Gasteiger partial charge in [-0.05, 0) is 61.1 Å². The predicted molar refractivity (Wildman–Crippen MR) is 111 cm³/mol. The summed E-state index contributed by atoms with van der Waals surface area (Å²) >= 11 is 0. The lowest BCUT2D eigenvalue weighted by molar-refractivity contribution is -0.118. The molecular formula is C23H26N2O3. The second-order valence-corrected chi connectivity index (χ2v) is 8.76. The number of benzene rings is 2. The maximum atomic E-state index is 13.2. The van der Waals surface area contributed by atoms with Crippen LogP contribution in [0, 0.1) is 19.3 Å². The van der Waals surface area contributed by atoms with Crippen molar-refractivity contribution in [2.45, 2.75) is 46.6 Å². The molecule has 28 heavy (non-hydrogen) atoms. The van der Waals surface area contributed by atoms with E-state index in [4.69, 9.17) is 0 Å². The number of rotatable bonds is 1. The van der Waals surface area contributed by atoms with Crippen molar-refractivity contribution in [1.29, 1.82) is 0 Å². The minimum Gasteiger partial charge on any atom is -0.508 e. The third-order valence-electron chi connectivity index (χ3n) is 5.75. The summed E-state index contributed by atoms with van der Waals surface area (Å²) in [5, 5.41) is 27.2. The molecule has 146 valence electrons. The summed E-state index contributed by atoms with van der Waals surface area (Å²) < 4.78 is 0. The first-order valence-corrected chi connectivity index (χ1v) is 9.57. The molecule has 1 aliphatic carbocycles. The molecule has 0 bridgehead atoms. The number of phenolic OH excluding ortho intramolecular Hbond substituents is 2. The van der Waals surface area contributed by atoms with Gasteiger partial charge in [-0.3, -0.25) is 4.79 Å². The molecule has 4 rings (SSSR count). The second-order valence-electron chi connectivity index (χ2n) is 8.76. The van der Waals surface area contributed by atoms with Crippen LogP contribution in [0.3, 0.4) is 0 Å². The highest BCUT2D eigenvalue weighted by Gasteiger charge is 2.39. The molecule has 4 N–H and O–H groups in total. The van der Waals surface area contributed by atoms with Gasteiger partial charge in [-0.2, -0.15) is 0 Å². The number of carbonyl (C=O) groups is 1. The lowest BCUT2D eigenvalue weighted by Crippen LogP contribution is -2.31. The molecule has 5 nitrogen and oxygen atoms in total. The van der Waals surface area contributed by atoms with Gasteiger partial charge in [0, 0.05) is 29.3 Å². The number of anilines is 2. The highest BCUT2D eigenvalue weighted by molar-refractivity contribution is 6.01. The Morgan fingerprint density at radius 3 is 2.36 bits per heavy atom. The molecule has 0 amide bonds. The topological polar surface area (TPSA) is 81.6 Å². The van der Waals surface area contributed by atoms with Crippen molar-refractivity contribution in [3.63, 3.8) is 0 Å². The Hall–Kier alpha value is -2.95. The van der Waals surface area contributed by atoms with E-state index >= 15 is 0 Å². The maximum Gasteiger partial charge on any atom is 0.163 e. The predicted octanol–water partition coefficient (Wildman–Crippen LogP) is 4.94. The van der Waals surface area contributed by atoms with Crippen LogP contribution in [0.15, 0.2) is 41.6 Å². The number of nitrogens with one attached hydrogen (secondary N) is 2. The van der Waals surface area contributed by atoms with E-state index in [0.29, 0.717) is 17.6 Å². The zero-order valence-electron chi connectivity index (χ0n) is 16.7. The van der Waals surface area contributed by atoms with E-state index in [2.05, 4.69) is 50.5 Å². The van der Waals surface area contributed by atoms with Crippen LogP contribution in [-0.4, -0.2) is 16.0 Å². The molecule has 0 radical (unpaired) electrons. The van der Waals surface area contributed by atoms with Gasteiger partial charge in [-0.15, -0.1) is 0 Å². The number of phenols is 2. The molecule has 1 heterocycles. The summed E-state index contributed by atoms with van der Waals surface area (Å²) in [7, 11) is 0. The average Bonchev–Trinajstić information content (AvgIpc) is 2.71. The standard InChI is InChI=1S/C23H26N2O3/c1-12-7-16-17(8-13(12)2)25-22(15-6-5-14(26)9-19(15)27)21-18(24-16)10-23(3,4)11-20(21)28/h5-9,22,24-27H,10-11H2,1-4H3. The van der Waals surface area contributed by atoms with Gasteiger partial charge < -0.3 is 20.8 Å². The monoisotopic (exact) mass is 378 g/mol. The Morgan fingerprint density at radius 2 is 1.68 bits per heavy atom. The van der Waals surface area contributed by atoms with Crippen molar-refractivity contribution in [3.05, 3.63) is 58.3 Å². The highest BCUT2D eigenvalue weighted by atomic mass is 16.3. The number of hydrogen-bond donors (Lipinski definition) is 4. The van der Waals surface area contributed by atoms with Gasteiger partial charge in [0.1, 0.15) is 11.5 Å². The molecule has 5 heteroatoms. The largest absolute Gasteiger partial charge is 0.508 e. The van der Waals surface area contributed by atoms with Gasteiger partial charge in [0.05, 0.1) is 17.4 Å². The van der Waals surface area contributed by atoms with Gasteiger partial charge in [0.2, 0.25) is 0 Å². The minimum atomic E-state index is -0.491. The van der Waals surface area contributed by atoms with E-state index in [1.54, 1.807) is 6.07 Å². The van der Waals surface area contributed by atoms with Crippen molar-refractivity contribution < 1.29 is 15.0 Å². The van der Waals surface area contributed by atoms with E-state index in [1.165, 1.54) is 17.7 Å². The Morgan fingerprint density at radius 1 is 1.00 bits per heavy atom. The number of fused-ring (bicyclic) bond motifs is 1. The van der Waals surface area contributed by atoms with E-state index in [-0.39, 0.29) is 22.7 Å². The third kappa shape index (κ3) is 3.11. The Labute approximate surface area is 165 Å². The molecule has 1 atom stereocenters. The minimum absolute atomic E-state index is 0.00910. The van der Waals surface area contributed by atoms with Gasteiger partial charge in [0.15, 0.2) is 5.78 Å². The first kappa shape index (κ1) is 18.4. The van der Waals surface area contributed by atoms with E-state index in [9.17, 15) is 15.0 Å². The van der Waals surface area contributed by atoms with Crippen LogP contribution >= 0.6 is 0 Å². The van der Waals surface area contributed by atoms with E-state index in [0.717, 1.165) is 29.1 Å². The van der Waals surface area contributed by atoms with Crippen LogP contribution in [0.2, 0.25) is 0 Å². The normalized spacial score (nSPS) is 20.6. The van der Waals surface area contributed by atoms with E-state index in [1.807, 2.05) is 0 Å². The zero-order valence-corrected chi connectivity index (χ0v) is 16.7. The molecule has 0 aromatic heterocycles. The van der Waals surface area contributed by atoms with Crippen molar-refractivity contribution in [1.82, 2.24) is 0 Å². The van der Waals surface area contributed by atoms with Gasteiger partial charge in [-0.25, -0.2) is 0 Å². The molecule has 2 aromatic carbocycles. The summed E-state index contributed by atoms with van der Waals surface area (Å²) in [4.78, 5) is 13.2. The van der Waals surface area contributed by atoms with Gasteiger partial charge in [-0.1, -0.05) is 13.8 Å². The number of hydrogen-bond acceptors (Lipinski definition) is 5. The third-order valence-corrected chi connectivity index (χ3v) is 5.75. The molecule has 0 saturated heterocycles. The highest BCUT2D eigenvalue weighted by Crippen LogP contribution is 2.47. The van der Waals surface area contributed by atoms with Crippen molar-refractivity contribution in [3.8, 4) is 11.5 Å². The smallest absolute Gasteiger partial charge is 0.163 e. The van der Waals surface area contributed by atoms with Crippen LogP contribution in [0.5, 0.6) is 11.5 Å². The molecule has 2 aromatic rings. The van der Waals surface area contributed by atoms with Gasteiger partial charge >= 0.3 is 0 Å². The van der Waals surface area contributed by atoms with Crippen LogP contribution < -0.4 is 10.6 Å². The lowest BCUT2D eigenvalue weighted by atomic mass is 9.73. The average molecular weight is 378 g/mol. The number of Topliss-reactive ketones (excluding diaryl/α,β-unsaturated/α-hetero) is 1. The van der Waals surface area contributed by atoms with E-state index < -0.39 is 6.04 Å². The zero-order chi connectivity index (χ0) is 20.2. The summed E-state index contributed by atoms with van der Waals surface area (Å²) in [5.41, 5.74) is 6.14. The summed E-state index contributed by atoms with van der Waals surface area (Å²) in [5.74, 6) is 0.0319. The van der Waals surface area contributed by atoms with Crippen molar-refractivity contribution >= 4 is 17.2 Å². The summed E-state index contributed by atoms with van der Waals surface area (Å²) in [6.45, 7) is 8.32. The Kier molecular flexibility index (Phi) is 4.14. The first-order valence-electron chi connectivity index (χ1n) is 9.57. The number of carbonyl (C=O) groups excluding carboxylic acids is 1. The summed E-state index contributed by atoms with van der Waals surface area (Å²) in [6.07, 6.45) is 1.20. The number of allylic oxidation sites excluding steroid dienone is 1. The van der Waals surface area contributed by atoms with Crippen LogP contribution in [0.4, 0.5) is 11.4 Å². The number of aromatic hydroxyl groups is 2. The molecular weight excluding hydrogens is 352 g/mol.